The van der Waals surface area contributed by atoms with Crippen molar-refractivity contribution < 1.29 is 84.2 Å². The van der Waals surface area contributed by atoms with E-state index in [4.69, 9.17) is 33.2 Å². The second kappa shape index (κ2) is 16.6. The van der Waals surface area contributed by atoms with E-state index in [1.807, 2.05) is 6.92 Å². The van der Waals surface area contributed by atoms with Crippen LogP contribution in [-0.2, 0) is 33.2 Å². The van der Waals surface area contributed by atoms with Crippen molar-refractivity contribution in [3.05, 3.63) is 12.2 Å². The zero-order valence-corrected chi connectivity index (χ0v) is 38.4. The molecule has 10 N–H and O–H groups in total. The Morgan fingerprint density at radius 2 is 1.38 bits per heavy atom. The minimum atomic E-state index is -1.81. The molecule has 5 aliphatic carbocycles. The smallest absolute Gasteiger partial charge is 0.187 e. The van der Waals surface area contributed by atoms with Gasteiger partial charge in [0.05, 0.1) is 50.3 Å². The number of aliphatic hydroxyl groups is 10. The second-order valence-corrected chi connectivity index (χ2v) is 22.7. The van der Waals surface area contributed by atoms with Gasteiger partial charge in [-0.2, -0.15) is 0 Å². The first-order valence-electron chi connectivity index (χ1n) is 24.0. The average Bonchev–Trinajstić information content (AvgIpc) is 3.57. The van der Waals surface area contributed by atoms with Crippen molar-refractivity contribution in [3.63, 3.8) is 0 Å². The van der Waals surface area contributed by atoms with E-state index in [9.17, 15) is 51.1 Å². The summed E-state index contributed by atoms with van der Waals surface area (Å²) in [6.07, 6.45) is -12.4. The van der Waals surface area contributed by atoms with Crippen LogP contribution in [0.4, 0.5) is 0 Å². The first-order valence-corrected chi connectivity index (χ1v) is 24.0. The Morgan fingerprint density at radius 1 is 0.703 bits per heavy atom. The van der Waals surface area contributed by atoms with Crippen LogP contribution in [0.2, 0.25) is 0 Å². The second-order valence-electron chi connectivity index (χ2n) is 22.7. The maximum Gasteiger partial charge on any atom is 0.187 e. The summed E-state index contributed by atoms with van der Waals surface area (Å²) in [5.74, 6) is 1.19. The van der Waals surface area contributed by atoms with Gasteiger partial charge in [-0.3, -0.25) is 0 Å². The molecule has 0 radical (unpaired) electrons. The van der Waals surface area contributed by atoms with Crippen LogP contribution in [0.5, 0.6) is 0 Å². The van der Waals surface area contributed by atoms with Crippen LogP contribution < -0.4 is 0 Å². The topological polar surface area (TPSA) is 267 Å². The van der Waals surface area contributed by atoms with Crippen LogP contribution in [0.1, 0.15) is 93.4 Å². The quantitative estimate of drug-likeness (QED) is 0.114. The first kappa shape index (κ1) is 48.1. The van der Waals surface area contributed by atoms with Crippen LogP contribution in [0, 0.1) is 56.7 Å². The molecule has 0 amide bonds. The molecule has 1 spiro atoms. The lowest BCUT2D eigenvalue weighted by atomic mass is 9.31. The standard InChI is InChI=1S/C47H76O17/c1-21-8-14-46-20-59-47(38(46)22(21)2)15-10-27-42(4)12-11-29(43(5,19-49)26(42)9-13-44(27,6)45(47,7)16-28(46)51)62-40-36(33(55)30(52)23(3)60-40)64-41-37(34(56)32(54)25(17-48)61-41)63-39-35(57)31(53)24(50)18-58-39/h10,15,21-41,48-57H,8-9,11-14,16-20H2,1-7H3/t21-,22+,23-,24-,25-,26-,27-,28-,29+,30+,31+,32-,33+,34+,35-,36-,37-,38-,39+,40+,41+,42+,43+,44-,45+,46?,47-/m1/s1. The van der Waals surface area contributed by atoms with E-state index in [1.165, 1.54) is 0 Å². The number of fused-ring (bicyclic) bond motifs is 4. The lowest BCUT2D eigenvalue weighted by Gasteiger charge is -2.73. The molecule has 4 heterocycles. The molecule has 9 aliphatic rings. The minimum absolute atomic E-state index is 0.0389. The van der Waals surface area contributed by atoms with Crippen LogP contribution in [-0.4, -0.2) is 181 Å². The summed E-state index contributed by atoms with van der Waals surface area (Å²) in [5, 5.41) is 110. The van der Waals surface area contributed by atoms with Crippen LogP contribution in [0.15, 0.2) is 12.2 Å². The van der Waals surface area contributed by atoms with Gasteiger partial charge in [0.15, 0.2) is 18.9 Å². The molecule has 17 heteroatoms. The predicted octanol–water partition coefficient (Wildman–Crippen LogP) is 0.0961. The van der Waals surface area contributed by atoms with E-state index in [1.54, 1.807) is 6.92 Å². The Hall–Kier alpha value is -0.940. The SMILES string of the molecule is C[C@H]1[C@H](C)CCC23CO[C@]4(C=C[C@@H]5[C@@]6(C)CC[C@H](O[C@@H]7O[C@H](C)[C@H](O)[C@H](O)[C@H]7O[C@@H]7O[C@H](CO)[C@@H](O)[C@H](O)[C@H]7O[C@@H]7OC[C@@H](O)[C@H](O)[C@H]7O)[C@@](C)(CO)[C@@H]6CC[C@@]5(C)[C@]4(C)C[C@H]2O)[C@H]13. The van der Waals surface area contributed by atoms with Crippen molar-refractivity contribution in [2.45, 2.75) is 197 Å². The Balaban J connectivity index is 0.992. The molecule has 1 unspecified atom stereocenters. The van der Waals surface area contributed by atoms with Crippen molar-refractivity contribution in [1.82, 2.24) is 0 Å². The molecule has 27 atom stereocenters. The normalized spacial score (nSPS) is 60.5. The molecule has 0 aromatic carbocycles. The Kier molecular flexibility index (Phi) is 12.5. The lowest BCUT2D eigenvalue weighted by Crippen LogP contribution is -2.73. The van der Waals surface area contributed by atoms with E-state index < -0.39 is 122 Å². The fraction of sp³-hybridized carbons (Fsp3) is 0.957. The van der Waals surface area contributed by atoms with Gasteiger partial charge in [0.1, 0.15) is 61.0 Å². The van der Waals surface area contributed by atoms with E-state index >= 15 is 0 Å². The van der Waals surface area contributed by atoms with E-state index in [2.05, 4.69) is 46.8 Å². The average molecular weight is 913 g/mol. The molecular formula is C47H76O17. The maximum absolute atomic E-state index is 12.3. The van der Waals surface area contributed by atoms with Gasteiger partial charge in [0.25, 0.3) is 0 Å². The Morgan fingerprint density at radius 3 is 2.06 bits per heavy atom. The highest BCUT2D eigenvalue weighted by Crippen LogP contribution is 2.79. The summed E-state index contributed by atoms with van der Waals surface area (Å²) in [5.41, 5.74) is -2.46. The van der Waals surface area contributed by atoms with Crippen molar-refractivity contribution in [2.75, 3.05) is 26.4 Å². The van der Waals surface area contributed by atoms with Crippen LogP contribution in [0.3, 0.4) is 0 Å². The zero-order valence-electron chi connectivity index (χ0n) is 38.4. The number of allylic oxidation sites excluding steroid dienone is 1. The van der Waals surface area contributed by atoms with Gasteiger partial charge < -0.3 is 84.2 Å². The third kappa shape index (κ3) is 6.57. The van der Waals surface area contributed by atoms with Crippen LogP contribution >= 0.6 is 0 Å². The molecule has 4 saturated carbocycles. The predicted molar refractivity (Wildman–Crippen MR) is 223 cm³/mol. The van der Waals surface area contributed by atoms with Crippen molar-refractivity contribution >= 4 is 0 Å². The van der Waals surface area contributed by atoms with Gasteiger partial charge in [0, 0.05) is 22.2 Å². The summed E-state index contributed by atoms with van der Waals surface area (Å²) in [6.45, 7) is 14.7. The molecule has 64 heavy (non-hydrogen) atoms. The molecule has 17 nitrogen and oxygen atoms in total. The number of hydrogen-bond donors (Lipinski definition) is 10. The lowest BCUT2D eigenvalue weighted by molar-refractivity contribution is -0.394. The van der Waals surface area contributed by atoms with E-state index in [0.717, 1.165) is 32.1 Å². The van der Waals surface area contributed by atoms with Gasteiger partial charge in [-0.15, -0.1) is 0 Å². The Bertz CT molecular complexity index is 1740. The summed E-state index contributed by atoms with van der Waals surface area (Å²) in [7, 11) is 0. The summed E-state index contributed by atoms with van der Waals surface area (Å²) in [4.78, 5) is 0. The van der Waals surface area contributed by atoms with Gasteiger partial charge in [-0.25, -0.2) is 0 Å². The van der Waals surface area contributed by atoms with Gasteiger partial charge in [-0.1, -0.05) is 53.7 Å². The number of aliphatic hydroxyl groups excluding tert-OH is 10. The summed E-state index contributed by atoms with van der Waals surface area (Å²) < 4.78 is 43.8. The minimum Gasteiger partial charge on any atom is -0.396 e. The maximum atomic E-state index is 12.3. The molecule has 366 valence electrons. The molecule has 2 bridgehead atoms. The van der Waals surface area contributed by atoms with Gasteiger partial charge in [-0.05, 0) is 86.4 Å². The molecule has 0 aromatic rings. The molecule has 0 aromatic heterocycles. The molecular weight excluding hydrogens is 836 g/mol. The number of hydrogen-bond acceptors (Lipinski definition) is 17. The third-order valence-electron chi connectivity index (χ3n) is 20.0. The van der Waals surface area contributed by atoms with Crippen molar-refractivity contribution in [2.24, 2.45) is 56.7 Å². The summed E-state index contributed by atoms with van der Waals surface area (Å²) in [6, 6.07) is 0. The molecule has 8 fully saturated rings. The largest absolute Gasteiger partial charge is 0.396 e. The highest BCUT2D eigenvalue weighted by molar-refractivity contribution is 5.36. The number of rotatable bonds is 8. The molecule has 4 aliphatic heterocycles. The van der Waals surface area contributed by atoms with Gasteiger partial charge >= 0.3 is 0 Å². The zero-order chi connectivity index (χ0) is 46.3. The third-order valence-corrected chi connectivity index (χ3v) is 20.0. The summed E-state index contributed by atoms with van der Waals surface area (Å²) >= 11 is 0. The fourth-order valence-corrected chi connectivity index (χ4v) is 15.8. The Labute approximate surface area is 376 Å². The molecule has 4 saturated heterocycles. The number of ether oxygens (including phenoxy) is 7. The highest BCUT2D eigenvalue weighted by Gasteiger charge is 2.79. The van der Waals surface area contributed by atoms with Crippen LogP contribution in [0.25, 0.3) is 0 Å². The monoisotopic (exact) mass is 913 g/mol. The highest BCUT2D eigenvalue weighted by atomic mass is 16.8. The van der Waals surface area contributed by atoms with Crippen molar-refractivity contribution in [3.8, 4) is 0 Å². The van der Waals surface area contributed by atoms with E-state index in [-0.39, 0.29) is 46.0 Å². The fourth-order valence-electron chi connectivity index (χ4n) is 15.8. The van der Waals surface area contributed by atoms with Gasteiger partial charge in [0.2, 0.25) is 0 Å². The van der Waals surface area contributed by atoms with Crippen molar-refractivity contribution in [1.29, 1.82) is 0 Å². The first-order chi connectivity index (χ1) is 30.1. The van der Waals surface area contributed by atoms with E-state index in [0.29, 0.717) is 31.3 Å². The molecule has 9 rings (SSSR count).